The average molecular weight is 271 g/mol. The highest BCUT2D eigenvalue weighted by atomic mass is 19.1. The molecule has 0 spiro atoms. The Morgan fingerprint density at radius 3 is 2.60 bits per heavy atom. The molecule has 1 aromatic carbocycles. The summed E-state index contributed by atoms with van der Waals surface area (Å²) in [5.74, 6) is 1.22. The number of halogens is 1. The first kappa shape index (κ1) is 12.5. The minimum atomic E-state index is -0.236. The molecular weight excluding hydrogens is 257 g/mol. The molecule has 0 saturated heterocycles. The largest absolute Gasteiger partial charge is 0.362 e. The van der Waals surface area contributed by atoms with Gasteiger partial charge in [0, 0.05) is 0 Å². The third-order valence-electron chi connectivity index (χ3n) is 3.15. The number of benzene rings is 1. The van der Waals surface area contributed by atoms with Crippen molar-refractivity contribution >= 4 is 11.5 Å². The van der Waals surface area contributed by atoms with Crippen LogP contribution in [0.15, 0.2) is 36.4 Å². The molecule has 6 heteroatoms. The molecule has 0 aliphatic rings. The van der Waals surface area contributed by atoms with Crippen molar-refractivity contribution in [3.8, 4) is 0 Å². The van der Waals surface area contributed by atoms with Gasteiger partial charge in [0.1, 0.15) is 11.6 Å². The molecule has 0 unspecified atom stereocenters. The Morgan fingerprint density at radius 1 is 1.10 bits per heavy atom. The van der Waals surface area contributed by atoms with Crippen molar-refractivity contribution in [2.75, 3.05) is 5.32 Å². The van der Waals surface area contributed by atoms with Gasteiger partial charge in [-0.2, -0.15) is 4.52 Å². The third kappa shape index (κ3) is 2.32. The van der Waals surface area contributed by atoms with Gasteiger partial charge in [-0.05, 0) is 43.7 Å². The lowest BCUT2D eigenvalue weighted by Crippen LogP contribution is -2.09. The monoisotopic (exact) mass is 271 g/mol. The third-order valence-corrected chi connectivity index (χ3v) is 3.15. The second-order valence-electron chi connectivity index (χ2n) is 4.65. The molecule has 2 aromatic heterocycles. The van der Waals surface area contributed by atoms with Gasteiger partial charge in [-0.3, -0.25) is 0 Å². The zero-order valence-corrected chi connectivity index (χ0v) is 11.2. The van der Waals surface area contributed by atoms with Gasteiger partial charge in [-0.25, -0.2) is 4.39 Å². The van der Waals surface area contributed by atoms with Gasteiger partial charge in [0.2, 0.25) is 0 Å². The average Bonchev–Trinajstić information content (AvgIpc) is 2.81. The maximum atomic E-state index is 12.9. The van der Waals surface area contributed by atoms with E-state index in [0.29, 0.717) is 5.65 Å². The van der Waals surface area contributed by atoms with Crippen LogP contribution in [-0.2, 0) is 0 Å². The van der Waals surface area contributed by atoms with Crippen LogP contribution in [0.3, 0.4) is 0 Å². The zero-order valence-electron chi connectivity index (χ0n) is 11.2. The number of hydrogen-bond donors (Lipinski definition) is 1. The minimum Gasteiger partial charge on any atom is -0.362 e. The smallest absolute Gasteiger partial charge is 0.178 e. The lowest BCUT2D eigenvalue weighted by Gasteiger charge is -2.14. The lowest BCUT2D eigenvalue weighted by molar-refractivity contribution is 0.626. The number of rotatable bonds is 3. The Labute approximate surface area is 115 Å². The molecule has 5 nitrogen and oxygen atoms in total. The quantitative estimate of drug-likeness (QED) is 0.795. The normalized spacial score (nSPS) is 12.6. The summed E-state index contributed by atoms with van der Waals surface area (Å²) in [5, 5.41) is 15.7. The van der Waals surface area contributed by atoms with Gasteiger partial charge in [-0.15, -0.1) is 15.3 Å². The molecule has 2 heterocycles. The number of nitrogens with one attached hydrogen (secondary N) is 1. The highest BCUT2D eigenvalue weighted by molar-refractivity contribution is 5.45. The van der Waals surface area contributed by atoms with E-state index in [9.17, 15) is 4.39 Å². The van der Waals surface area contributed by atoms with Crippen LogP contribution < -0.4 is 5.32 Å². The van der Waals surface area contributed by atoms with Gasteiger partial charge < -0.3 is 5.32 Å². The van der Waals surface area contributed by atoms with Gasteiger partial charge in [0.25, 0.3) is 0 Å². The zero-order chi connectivity index (χ0) is 14.1. The van der Waals surface area contributed by atoms with Crippen molar-refractivity contribution < 1.29 is 4.39 Å². The maximum Gasteiger partial charge on any atom is 0.178 e. The molecule has 3 aromatic rings. The van der Waals surface area contributed by atoms with Crippen molar-refractivity contribution in [3.05, 3.63) is 53.6 Å². The molecule has 0 radical (unpaired) electrons. The highest BCUT2D eigenvalue weighted by Gasteiger charge is 2.08. The van der Waals surface area contributed by atoms with E-state index in [1.807, 2.05) is 26.0 Å². The van der Waals surface area contributed by atoms with Crippen LogP contribution in [0.5, 0.6) is 0 Å². The molecule has 0 fully saturated rings. The predicted molar refractivity (Wildman–Crippen MR) is 74.0 cm³/mol. The fourth-order valence-corrected chi connectivity index (χ4v) is 2.03. The number of nitrogens with zero attached hydrogens (tertiary/aromatic N) is 4. The van der Waals surface area contributed by atoms with Crippen LogP contribution in [-0.4, -0.2) is 19.8 Å². The first-order valence-corrected chi connectivity index (χ1v) is 6.34. The van der Waals surface area contributed by atoms with E-state index >= 15 is 0 Å². The molecular formula is C14H14FN5. The molecule has 1 atom stereocenters. The lowest BCUT2D eigenvalue weighted by atomic mass is 10.1. The van der Waals surface area contributed by atoms with Gasteiger partial charge in [-0.1, -0.05) is 12.1 Å². The summed E-state index contributed by atoms with van der Waals surface area (Å²) in [7, 11) is 0. The molecule has 0 aliphatic carbocycles. The van der Waals surface area contributed by atoms with Crippen LogP contribution in [0, 0.1) is 12.7 Å². The van der Waals surface area contributed by atoms with Crippen molar-refractivity contribution in [2.24, 2.45) is 0 Å². The molecule has 1 N–H and O–H groups in total. The molecule has 0 aliphatic heterocycles. The van der Waals surface area contributed by atoms with Gasteiger partial charge in [0.15, 0.2) is 11.5 Å². The topological polar surface area (TPSA) is 55.1 Å². The van der Waals surface area contributed by atoms with E-state index < -0.39 is 0 Å². The summed E-state index contributed by atoms with van der Waals surface area (Å²) in [6.07, 6.45) is 0. The summed E-state index contributed by atoms with van der Waals surface area (Å²) in [4.78, 5) is 0. The number of hydrogen-bond acceptors (Lipinski definition) is 4. The first-order chi connectivity index (χ1) is 9.63. The fraction of sp³-hybridized carbons (Fsp3) is 0.214. The van der Waals surface area contributed by atoms with E-state index in [2.05, 4.69) is 20.6 Å². The number of aryl methyl sites for hydroxylation is 1. The first-order valence-electron chi connectivity index (χ1n) is 6.34. The van der Waals surface area contributed by atoms with E-state index in [1.165, 1.54) is 12.1 Å². The summed E-state index contributed by atoms with van der Waals surface area (Å²) < 4.78 is 14.6. The Balaban J connectivity index is 1.84. The molecule has 102 valence electrons. The van der Waals surface area contributed by atoms with Crippen LogP contribution in [0.25, 0.3) is 5.65 Å². The molecule has 0 bridgehead atoms. The number of anilines is 1. The molecule has 0 saturated carbocycles. The number of fused-ring (bicyclic) bond motifs is 1. The minimum absolute atomic E-state index is 0.0253. The fourth-order valence-electron chi connectivity index (χ4n) is 2.03. The van der Waals surface area contributed by atoms with Crippen LogP contribution >= 0.6 is 0 Å². The molecule has 0 amide bonds. The summed E-state index contributed by atoms with van der Waals surface area (Å²) in [6, 6.07) is 10.2. The van der Waals surface area contributed by atoms with E-state index in [4.69, 9.17) is 0 Å². The van der Waals surface area contributed by atoms with Crippen molar-refractivity contribution in [1.29, 1.82) is 0 Å². The Bertz CT molecular complexity index is 735. The second-order valence-corrected chi connectivity index (χ2v) is 4.65. The molecule has 3 rings (SSSR count). The summed E-state index contributed by atoms with van der Waals surface area (Å²) >= 11 is 0. The van der Waals surface area contributed by atoms with E-state index in [-0.39, 0.29) is 11.9 Å². The van der Waals surface area contributed by atoms with Crippen molar-refractivity contribution in [3.63, 3.8) is 0 Å². The van der Waals surface area contributed by atoms with Crippen molar-refractivity contribution in [2.45, 2.75) is 19.9 Å². The SMILES string of the molecule is Cc1nnc2ccc(N[C@@H](C)c3ccc(F)cc3)nn12. The van der Waals surface area contributed by atoms with Crippen LogP contribution in [0.4, 0.5) is 10.2 Å². The molecule has 20 heavy (non-hydrogen) atoms. The van der Waals surface area contributed by atoms with Gasteiger partial charge in [0.05, 0.1) is 6.04 Å². The standard InChI is InChI=1S/C14H14FN5/c1-9(11-3-5-12(15)6-4-11)16-13-7-8-14-18-17-10(2)20(14)19-13/h3-9H,1-2H3,(H,16,19)/t9-/m0/s1. The van der Waals surface area contributed by atoms with Crippen LogP contribution in [0.2, 0.25) is 0 Å². The summed E-state index contributed by atoms with van der Waals surface area (Å²) in [5.41, 5.74) is 1.70. The maximum absolute atomic E-state index is 12.9. The number of aromatic nitrogens is 4. The van der Waals surface area contributed by atoms with Gasteiger partial charge >= 0.3 is 0 Å². The second kappa shape index (κ2) is 4.88. The van der Waals surface area contributed by atoms with Crippen molar-refractivity contribution in [1.82, 2.24) is 19.8 Å². The highest BCUT2D eigenvalue weighted by Crippen LogP contribution is 2.18. The van der Waals surface area contributed by atoms with E-state index in [0.717, 1.165) is 17.2 Å². The Kier molecular flexibility index (Phi) is 3.06. The summed E-state index contributed by atoms with van der Waals surface area (Å²) in [6.45, 7) is 3.85. The van der Waals surface area contributed by atoms with E-state index in [1.54, 1.807) is 16.6 Å². The predicted octanol–water partition coefficient (Wildman–Crippen LogP) is 2.74. The Morgan fingerprint density at radius 2 is 1.85 bits per heavy atom. The Hall–Kier alpha value is -2.50. The van der Waals surface area contributed by atoms with Crippen LogP contribution in [0.1, 0.15) is 24.4 Å².